The highest BCUT2D eigenvalue weighted by molar-refractivity contribution is 5.76. The maximum Gasteiger partial charge on any atom is 0.236 e. The first-order chi connectivity index (χ1) is 6.22. The molecular weight excluding hydrogens is 168 g/mol. The summed E-state index contributed by atoms with van der Waals surface area (Å²) in [6.45, 7) is 5.74. The van der Waals surface area contributed by atoms with Crippen LogP contribution in [0.25, 0.3) is 0 Å². The van der Waals surface area contributed by atoms with Crippen LogP contribution in [0.5, 0.6) is 0 Å². The van der Waals surface area contributed by atoms with Gasteiger partial charge in [-0.1, -0.05) is 20.3 Å². The molecule has 2 atom stereocenters. The molecule has 4 nitrogen and oxygen atoms in total. The highest BCUT2D eigenvalue weighted by Gasteiger charge is 2.19. The summed E-state index contributed by atoms with van der Waals surface area (Å²) in [6, 6.07) is 0. The molecule has 0 bridgehead atoms. The van der Waals surface area contributed by atoms with E-state index in [4.69, 9.17) is 4.74 Å². The summed E-state index contributed by atoms with van der Waals surface area (Å²) < 4.78 is 5.58. The van der Waals surface area contributed by atoms with Crippen LogP contribution in [0.3, 0.4) is 0 Å². The molecule has 1 rings (SSSR count). The number of rotatable bonds is 4. The summed E-state index contributed by atoms with van der Waals surface area (Å²) in [4.78, 5) is 10.9. The van der Waals surface area contributed by atoms with Gasteiger partial charge in [-0.3, -0.25) is 10.2 Å². The molecular formula is C9H18N2O2. The molecule has 1 aliphatic rings. The van der Waals surface area contributed by atoms with E-state index in [1.165, 1.54) is 0 Å². The highest BCUT2D eigenvalue weighted by Crippen LogP contribution is 2.06. The summed E-state index contributed by atoms with van der Waals surface area (Å²) in [5, 5.41) is 0. The number of hydrogen-bond donors (Lipinski definition) is 2. The number of carbonyl (C=O) groups is 1. The predicted molar refractivity (Wildman–Crippen MR) is 50.0 cm³/mol. The van der Waals surface area contributed by atoms with Crippen molar-refractivity contribution >= 4 is 5.91 Å². The Hall–Kier alpha value is -0.610. The monoisotopic (exact) mass is 186 g/mol. The van der Waals surface area contributed by atoms with Crippen molar-refractivity contribution in [2.45, 2.75) is 32.8 Å². The van der Waals surface area contributed by atoms with Crippen molar-refractivity contribution in [2.24, 2.45) is 5.92 Å². The Morgan fingerprint density at radius 2 is 2.46 bits per heavy atom. The fraction of sp³-hybridized carbons (Fsp3) is 0.889. The smallest absolute Gasteiger partial charge is 0.236 e. The number of hydrogen-bond acceptors (Lipinski definition) is 3. The second-order valence-corrected chi connectivity index (χ2v) is 3.60. The first-order valence-corrected chi connectivity index (χ1v) is 4.85. The number of nitrogens with one attached hydrogen (secondary N) is 2. The largest absolute Gasteiger partial charge is 0.376 e. The van der Waals surface area contributed by atoms with Crippen molar-refractivity contribution < 1.29 is 9.53 Å². The van der Waals surface area contributed by atoms with Gasteiger partial charge in [0, 0.05) is 13.2 Å². The molecule has 0 spiro atoms. The molecule has 0 aromatic carbocycles. The van der Waals surface area contributed by atoms with E-state index in [1.807, 2.05) is 0 Å². The third-order valence-electron chi connectivity index (χ3n) is 2.28. The van der Waals surface area contributed by atoms with Crippen molar-refractivity contribution in [3.8, 4) is 0 Å². The molecule has 1 heterocycles. The predicted octanol–water partition coefficient (Wildman–Crippen LogP) is 0.442. The van der Waals surface area contributed by atoms with Crippen LogP contribution in [0.2, 0.25) is 0 Å². The number of carbonyl (C=O) groups excluding carboxylic acids is 1. The maximum atomic E-state index is 10.9. The lowest BCUT2D eigenvalue weighted by Crippen LogP contribution is -2.50. The van der Waals surface area contributed by atoms with Gasteiger partial charge in [0.2, 0.25) is 5.91 Å². The molecule has 1 fully saturated rings. The Morgan fingerprint density at radius 3 is 3.08 bits per heavy atom. The standard InChI is InChI=1S/C9H18N2O2/c1-3-7(2)6-13-8-4-9(12)11-10-5-8/h7-8,10H,3-6H2,1-2H3,(H,11,12). The zero-order chi connectivity index (χ0) is 9.68. The third kappa shape index (κ3) is 3.74. The van der Waals surface area contributed by atoms with Crippen LogP contribution in [-0.2, 0) is 9.53 Å². The molecule has 0 aromatic rings. The lowest BCUT2D eigenvalue weighted by Gasteiger charge is -2.24. The molecule has 1 amide bonds. The van der Waals surface area contributed by atoms with Gasteiger partial charge < -0.3 is 4.74 Å². The zero-order valence-electron chi connectivity index (χ0n) is 8.30. The quantitative estimate of drug-likeness (QED) is 0.670. The normalized spacial score (nSPS) is 25.4. The van der Waals surface area contributed by atoms with E-state index in [1.54, 1.807) is 0 Å². The average molecular weight is 186 g/mol. The molecule has 13 heavy (non-hydrogen) atoms. The Morgan fingerprint density at radius 1 is 1.69 bits per heavy atom. The highest BCUT2D eigenvalue weighted by atomic mass is 16.5. The molecule has 0 saturated carbocycles. The van der Waals surface area contributed by atoms with Gasteiger partial charge >= 0.3 is 0 Å². The van der Waals surface area contributed by atoms with Gasteiger partial charge in [-0.2, -0.15) is 0 Å². The third-order valence-corrected chi connectivity index (χ3v) is 2.28. The summed E-state index contributed by atoms with van der Waals surface area (Å²) in [5.74, 6) is 0.588. The topological polar surface area (TPSA) is 50.4 Å². The van der Waals surface area contributed by atoms with Crippen LogP contribution in [0.15, 0.2) is 0 Å². The van der Waals surface area contributed by atoms with Gasteiger partial charge in [-0.25, -0.2) is 5.43 Å². The van der Waals surface area contributed by atoms with E-state index < -0.39 is 0 Å². The van der Waals surface area contributed by atoms with Gasteiger partial charge in [0.25, 0.3) is 0 Å². The Kier molecular flexibility index (Phi) is 4.18. The van der Waals surface area contributed by atoms with Gasteiger partial charge in [0.05, 0.1) is 12.5 Å². The fourth-order valence-corrected chi connectivity index (χ4v) is 1.13. The van der Waals surface area contributed by atoms with Crippen LogP contribution in [-0.4, -0.2) is 25.2 Å². The average Bonchev–Trinajstić information content (AvgIpc) is 2.14. The summed E-state index contributed by atoms with van der Waals surface area (Å²) in [7, 11) is 0. The maximum absolute atomic E-state index is 10.9. The molecule has 2 unspecified atom stereocenters. The summed E-state index contributed by atoms with van der Waals surface area (Å²) in [5.41, 5.74) is 5.35. The van der Waals surface area contributed by atoms with Crippen molar-refractivity contribution in [3.63, 3.8) is 0 Å². The number of hydrazine groups is 1. The van der Waals surface area contributed by atoms with E-state index in [-0.39, 0.29) is 12.0 Å². The van der Waals surface area contributed by atoms with E-state index in [9.17, 15) is 4.79 Å². The van der Waals surface area contributed by atoms with Gasteiger partial charge in [0.15, 0.2) is 0 Å². The van der Waals surface area contributed by atoms with Gasteiger partial charge in [-0.05, 0) is 5.92 Å². The molecule has 1 saturated heterocycles. The SMILES string of the molecule is CCC(C)COC1CNNC(=O)C1. The molecule has 0 radical (unpaired) electrons. The number of ether oxygens (including phenoxy) is 1. The lowest BCUT2D eigenvalue weighted by atomic mass is 10.1. The van der Waals surface area contributed by atoms with E-state index in [0.717, 1.165) is 13.0 Å². The van der Waals surface area contributed by atoms with Crippen LogP contribution < -0.4 is 10.9 Å². The van der Waals surface area contributed by atoms with Gasteiger partial charge in [-0.15, -0.1) is 0 Å². The molecule has 0 aromatic heterocycles. The minimum absolute atomic E-state index is 0.0143. The Balaban J connectivity index is 2.17. The fourth-order valence-electron chi connectivity index (χ4n) is 1.13. The second-order valence-electron chi connectivity index (χ2n) is 3.60. The summed E-state index contributed by atoms with van der Waals surface area (Å²) in [6.07, 6.45) is 1.64. The van der Waals surface area contributed by atoms with E-state index >= 15 is 0 Å². The second kappa shape index (κ2) is 5.19. The van der Waals surface area contributed by atoms with Crippen LogP contribution >= 0.6 is 0 Å². The van der Waals surface area contributed by atoms with Crippen LogP contribution in [0.1, 0.15) is 26.7 Å². The minimum atomic E-state index is 0.0143. The van der Waals surface area contributed by atoms with Gasteiger partial charge in [0.1, 0.15) is 0 Å². The molecule has 2 N–H and O–H groups in total. The molecule has 76 valence electrons. The van der Waals surface area contributed by atoms with E-state index in [0.29, 0.717) is 18.9 Å². The van der Waals surface area contributed by atoms with Crippen molar-refractivity contribution in [3.05, 3.63) is 0 Å². The number of amides is 1. The lowest BCUT2D eigenvalue weighted by molar-refractivity contribution is -0.128. The van der Waals surface area contributed by atoms with Crippen LogP contribution in [0, 0.1) is 5.92 Å². The van der Waals surface area contributed by atoms with Crippen molar-refractivity contribution in [2.75, 3.05) is 13.2 Å². The van der Waals surface area contributed by atoms with Crippen molar-refractivity contribution in [1.82, 2.24) is 10.9 Å². The Labute approximate surface area is 79.0 Å². The molecule has 1 aliphatic heterocycles. The summed E-state index contributed by atoms with van der Waals surface area (Å²) >= 11 is 0. The Bertz CT molecular complexity index is 173. The first kappa shape index (κ1) is 10.5. The molecule has 0 aliphatic carbocycles. The van der Waals surface area contributed by atoms with Crippen LogP contribution in [0.4, 0.5) is 0 Å². The first-order valence-electron chi connectivity index (χ1n) is 4.85. The van der Waals surface area contributed by atoms with E-state index in [2.05, 4.69) is 24.7 Å². The minimum Gasteiger partial charge on any atom is -0.376 e. The zero-order valence-corrected chi connectivity index (χ0v) is 8.30. The van der Waals surface area contributed by atoms with Crippen molar-refractivity contribution in [1.29, 1.82) is 0 Å². The molecule has 4 heteroatoms.